The normalized spacial score (nSPS) is 10.5. The Morgan fingerprint density at radius 2 is 1.79 bits per heavy atom. The van der Waals surface area contributed by atoms with Gasteiger partial charge in [0.1, 0.15) is 0 Å². The first-order chi connectivity index (χ1) is 6.75. The van der Waals surface area contributed by atoms with E-state index in [1.165, 1.54) is 5.69 Å². The fourth-order valence-electron chi connectivity index (χ4n) is 1.18. The highest BCUT2D eigenvalue weighted by atomic mass is 15.6. The summed E-state index contributed by atoms with van der Waals surface area (Å²) < 4.78 is 0. The van der Waals surface area contributed by atoms with Gasteiger partial charge in [-0.25, -0.2) is 0 Å². The molecule has 0 fully saturated rings. The minimum Gasteiger partial charge on any atom is -0.296 e. The zero-order valence-electron chi connectivity index (χ0n) is 9.14. The summed E-state index contributed by atoms with van der Waals surface area (Å²) in [5.74, 6) is 0. The molecule has 0 saturated carbocycles. The summed E-state index contributed by atoms with van der Waals surface area (Å²) in [5.41, 5.74) is 1.19. The van der Waals surface area contributed by atoms with Crippen molar-refractivity contribution in [3.05, 3.63) is 42.6 Å². The molecule has 76 valence electrons. The number of allylic oxidation sites excluding steroid dienone is 1. The molecule has 0 heterocycles. The van der Waals surface area contributed by atoms with E-state index in [9.17, 15) is 0 Å². The molecule has 0 amide bonds. The monoisotopic (exact) mass is 190 g/mol. The number of hydrazine groups is 1. The Morgan fingerprint density at radius 3 is 2.36 bits per heavy atom. The Hall–Kier alpha value is -1.44. The van der Waals surface area contributed by atoms with Gasteiger partial charge in [-0.2, -0.15) is 0 Å². The van der Waals surface area contributed by atoms with Crippen LogP contribution in [-0.4, -0.2) is 19.1 Å². The molecular formula is C12H18N2. The number of rotatable bonds is 4. The van der Waals surface area contributed by atoms with Gasteiger partial charge in [0.15, 0.2) is 0 Å². The standard InChI is InChI=1S/C12H18N2/c1-4-5-11-13(2)14(3)12-9-7-6-8-10-12/h5-11H,4H2,1-3H3/b11-5+. The Bertz CT molecular complexity index is 280. The van der Waals surface area contributed by atoms with Gasteiger partial charge in [-0.1, -0.05) is 31.2 Å². The summed E-state index contributed by atoms with van der Waals surface area (Å²) in [7, 11) is 4.09. The van der Waals surface area contributed by atoms with Crippen LogP contribution >= 0.6 is 0 Å². The highest BCUT2D eigenvalue weighted by molar-refractivity contribution is 5.44. The maximum Gasteiger partial charge on any atom is 0.0570 e. The molecule has 0 N–H and O–H groups in total. The Kier molecular flexibility index (Phi) is 4.05. The lowest BCUT2D eigenvalue weighted by Gasteiger charge is -2.28. The third kappa shape index (κ3) is 2.80. The lowest BCUT2D eigenvalue weighted by Crippen LogP contribution is -2.31. The van der Waals surface area contributed by atoms with Crippen molar-refractivity contribution >= 4 is 5.69 Å². The van der Waals surface area contributed by atoms with Crippen LogP contribution in [-0.2, 0) is 0 Å². The first-order valence-electron chi connectivity index (χ1n) is 4.94. The minimum atomic E-state index is 1.06. The molecule has 0 atom stereocenters. The number of hydrogen-bond acceptors (Lipinski definition) is 2. The summed E-state index contributed by atoms with van der Waals surface area (Å²) in [6.45, 7) is 2.13. The van der Waals surface area contributed by atoms with Crippen LogP contribution in [0.25, 0.3) is 0 Å². The van der Waals surface area contributed by atoms with E-state index >= 15 is 0 Å². The van der Waals surface area contributed by atoms with Gasteiger partial charge < -0.3 is 0 Å². The van der Waals surface area contributed by atoms with Crippen LogP contribution < -0.4 is 5.01 Å². The smallest absolute Gasteiger partial charge is 0.0570 e. The van der Waals surface area contributed by atoms with Crippen molar-refractivity contribution in [1.29, 1.82) is 0 Å². The van der Waals surface area contributed by atoms with Crippen molar-refractivity contribution in [2.75, 3.05) is 19.1 Å². The summed E-state index contributed by atoms with van der Waals surface area (Å²) in [6.07, 6.45) is 5.28. The molecule has 0 saturated heterocycles. The molecule has 0 aromatic heterocycles. The minimum absolute atomic E-state index is 1.06. The van der Waals surface area contributed by atoms with Crippen molar-refractivity contribution < 1.29 is 0 Å². The Balaban J connectivity index is 2.65. The SMILES string of the molecule is CC/C=C/N(C)N(C)c1ccccc1. The molecule has 1 aromatic rings. The summed E-state index contributed by atoms with van der Waals surface area (Å²) >= 11 is 0. The average molecular weight is 190 g/mol. The quantitative estimate of drug-likeness (QED) is 0.674. The van der Waals surface area contributed by atoms with Crippen LogP contribution in [0, 0.1) is 0 Å². The number of para-hydroxylation sites is 1. The summed E-state index contributed by atoms with van der Waals surface area (Å²) in [6, 6.07) is 10.3. The third-order valence-corrected chi connectivity index (χ3v) is 2.16. The van der Waals surface area contributed by atoms with E-state index in [4.69, 9.17) is 0 Å². The van der Waals surface area contributed by atoms with Gasteiger partial charge in [-0.3, -0.25) is 10.0 Å². The van der Waals surface area contributed by atoms with Crippen molar-refractivity contribution in [3.8, 4) is 0 Å². The van der Waals surface area contributed by atoms with Crippen molar-refractivity contribution in [2.24, 2.45) is 0 Å². The van der Waals surface area contributed by atoms with Crippen LogP contribution in [0.3, 0.4) is 0 Å². The van der Waals surface area contributed by atoms with Gasteiger partial charge in [-0.15, -0.1) is 0 Å². The molecule has 0 radical (unpaired) electrons. The van der Waals surface area contributed by atoms with Crippen molar-refractivity contribution in [3.63, 3.8) is 0 Å². The van der Waals surface area contributed by atoms with Crippen molar-refractivity contribution in [1.82, 2.24) is 5.01 Å². The van der Waals surface area contributed by atoms with Crippen LogP contribution in [0.2, 0.25) is 0 Å². The number of anilines is 1. The lowest BCUT2D eigenvalue weighted by molar-refractivity contribution is 0.443. The number of benzene rings is 1. The highest BCUT2D eigenvalue weighted by Crippen LogP contribution is 2.12. The van der Waals surface area contributed by atoms with Gasteiger partial charge in [0.25, 0.3) is 0 Å². The van der Waals surface area contributed by atoms with E-state index in [-0.39, 0.29) is 0 Å². The molecule has 0 aliphatic carbocycles. The number of hydrogen-bond donors (Lipinski definition) is 0. The molecule has 0 aliphatic heterocycles. The molecule has 0 spiro atoms. The van der Waals surface area contributed by atoms with E-state index in [2.05, 4.69) is 48.4 Å². The molecule has 2 nitrogen and oxygen atoms in total. The molecule has 1 aromatic carbocycles. The first kappa shape index (κ1) is 10.6. The van der Waals surface area contributed by atoms with Crippen molar-refractivity contribution in [2.45, 2.75) is 13.3 Å². The van der Waals surface area contributed by atoms with Gasteiger partial charge in [0.2, 0.25) is 0 Å². The molecule has 14 heavy (non-hydrogen) atoms. The van der Waals surface area contributed by atoms with Crippen LogP contribution in [0.5, 0.6) is 0 Å². The number of nitrogens with zero attached hydrogens (tertiary/aromatic N) is 2. The zero-order valence-corrected chi connectivity index (χ0v) is 9.14. The molecular weight excluding hydrogens is 172 g/mol. The van der Waals surface area contributed by atoms with E-state index in [0.717, 1.165) is 6.42 Å². The highest BCUT2D eigenvalue weighted by Gasteiger charge is 2.00. The van der Waals surface area contributed by atoms with Gasteiger partial charge in [-0.05, 0) is 18.6 Å². The summed E-state index contributed by atoms with van der Waals surface area (Å²) in [4.78, 5) is 0. The molecule has 0 aliphatic rings. The van der Waals surface area contributed by atoms with E-state index in [1.807, 2.05) is 25.2 Å². The largest absolute Gasteiger partial charge is 0.296 e. The fourth-order valence-corrected chi connectivity index (χ4v) is 1.18. The molecule has 1 rings (SSSR count). The fraction of sp³-hybridized carbons (Fsp3) is 0.333. The average Bonchev–Trinajstić information content (AvgIpc) is 2.26. The predicted molar refractivity (Wildman–Crippen MR) is 62.0 cm³/mol. The maximum absolute atomic E-state index is 2.14. The third-order valence-electron chi connectivity index (χ3n) is 2.16. The second-order valence-corrected chi connectivity index (χ2v) is 3.23. The van der Waals surface area contributed by atoms with Gasteiger partial charge in [0, 0.05) is 20.3 Å². The first-order valence-corrected chi connectivity index (χ1v) is 4.94. The van der Waals surface area contributed by atoms with Crippen LogP contribution in [0.15, 0.2) is 42.6 Å². The summed E-state index contributed by atoms with van der Waals surface area (Å²) in [5, 5.41) is 4.17. The topological polar surface area (TPSA) is 6.48 Å². The van der Waals surface area contributed by atoms with E-state index in [0.29, 0.717) is 0 Å². The van der Waals surface area contributed by atoms with Gasteiger partial charge >= 0.3 is 0 Å². The van der Waals surface area contributed by atoms with Gasteiger partial charge in [0.05, 0.1) is 5.69 Å². The molecule has 2 heteroatoms. The second-order valence-electron chi connectivity index (χ2n) is 3.23. The Morgan fingerprint density at radius 1 is 1.14 bits per heavy atom. The van der Waals surface area contributed by atoms with Crippen LogP contribution in [0.1, 0.15) is 13.3 Å². The Labute approximate surface area is 86.4 Å². The van der Waals surface area contributed by atoms with E-state index in [1.54, 1.807) is 0 Å². The maximum atomic E-state index is 2.14. The lowest BCUT2D eigenvalue weighted by atomic mass is 10.3. The second kappa shape index (κ2) is 5.32. The molecule has 0 unspecified atom stereocenters. The van der Waals surface area contributed by atoms with E-state index < -0.39 is 0 Å². The zero-order chi connectivity index (χ0) is 10.4. The molecule has 0 bridgehead atoms. The van der Waals surface area contributed by atoms with Crippen LogP contribution in [0.4, 0.5) is 5.69 Å². The predicted octanol–water partition coefficient (Wildman–Crippen LogP) is 2.89.